The Hall–Kier alpha value is -0.865. The first kappa shape index (κ1) is 10.1. The van der Waals surface area contributed by atoms with Crippen LogP contribution < -0.4 is 0 Å². The van der Waals surface area contributed by atoms with Gasteiger partial charge in [-0.05, 0) is 18.3 Å². The normalized spacial score (nSPS) is 10.0. The molecule has 4 heteroatoms. The lowest BCUT2D eigenvalue weighted by Gasteiger charge is -1.90. The fourth-order valence-corrected chi connectivity index (χ4v) is 0.501. The summed E-state index contributed by atoms with van der Waals surface area (Å²) >= 11 is 0. The van der Waals surface area contributed by atoms with E-state index in [1.165, 1.54) is 0 Å². The average molecular weight is 154 g/mol. The highest BCUT2D eigenvalue weighted by Crippen LogP contribution is 1.96. The van der Waals surface area contributed by atoms with Crippen LogP contribution in [-0.2, 0) is 4.79 Å². The fourth-order valence-electron chi connectivity index (χ4n) is 0.501. The largest absolute Gasteiger partial charge is 0.455 e. The standard InChI is InChI=1S/C7H11BO3/c1-7(6-9)4-2-3-5-8(10)11/h2-3,6,10-11H,1,4-5H2/b3-2-. The number of allylic oxidation sites excluding steroid dienone is 3. The van der Waals surface area contributed by atoms with Crippen molar-refractivity contribution in [3.8, 4) is 0 Å². The molecule has 0 spiro atoms. The van der Waals surface area contributed by atoms with E-state index in [1.807, 2.05) is 0 Å². The lowest BCUT2D eigenvalue weighted by molar-refractivity contribution is -0.104. The summed E-state index contributed by atoms with van der Waals surface area (Å²) in [6.07, 6.45) is 4.61. The van der Waals surface area contributed by atoms with Gasteiger partial charge >= 0.3 is 7.12 Å². The van der Waals surface area contributed by atoms with Crippen LogP contribution in [0.25, 0.3) is 0 Å². The lowest BCUT2D eigenvalue weighted by Crippen LogP contribution is -2.07. The quantitative estimate of drug-likeness (QED) is 0.256. The number of carbonyl (C=O) groups excluding carboxylic acids is 1. The highest BCUT2D eigenvalue weighted by atomic mass is 16.4. The molecule has 0 heterocycles. The van der Waals surface area contributed by atoms with Gasteiger partial charge in [-0.2, -0.15) is 0 Å². The molecular weight excluding hydrogens is 143 g/mol. The van der Waals surface area contributed by atoms with Gasteiger partial charge in [0.05, 0.1) is 0 Å². The van der Waals surface area contributed by atoms with Crippen LogP contribution in [0.5, 0.6) is 0 Å². The SMILES string of the molecule is C=C(C=O)C/C=C\CB(O)O. The molecule has 0 fully saturated rings. The molecule has 11 heavy (non-hydrogen) atoms. The van der Waals surface area contributed by atoms with E-state index in [0.29, 0.717) is 18.3 Å². The monoisotopic (exact) mass is 154 g/mol. The summed E-state index contributed by atoms with van der Waals surface area (Å²) in [7, 11) is -1.31. The van der Waals surface area contributed by atoms with E-state index in [2.05, 4.69) is 6.58 Å². The predicted octanol–water partition coefficient (Wildman–Crippen LogP) is 0.161. The Kier molecular flexibility index (Phi) is 5.42. The molecule has 2 N–H and O–H groups in total. The molecule has 0 aliphatic carbocycles. The Morgan fingerprint density at radius 3 is 2.55 bits per heavy atom. The minimum Gasteiger partial charge on any atom is -0.427 e. The number of hydrogen-bond donors (Lipinski definition) is 2. The molecule has 0 saturated heterocycles. The molecule has 0 rings (SSSR count). The van der Waals surface area contributed by atoms with Gasteiger partial charge in [0.15, 0.2) is 0 Å². The Bertz CT molecular complexity index is 163. The molecule has 0 unspecified atom stereocenters. The van der Waals surface area contributed by atoms with Crippen LogP contribution in [0.3, 0.4) is 0 Å². The van der Waals surface area contributed by atoms with Crippen LogP contribution in [0, 0.1) is 0 Å². The van der Waals surface area contributed by atoms with Gasteiger partial charge in [-0.25, -0.2) is 0 Å². The van der Waals surface area contributed by atoms with Crippen LogP contribution in [0.4, 0.5) is 0 Å². The molecule has 0 bridgehead atoms. The average Bonchev–Trinajstić information content (AvgIpc) is 1.97. The minimum absolute atomic E-state index is 0.187. The molecule has 0 aliphatic rings. The summed E-state index contributed by atoms with van der Waals surface area (Å²) in [5.74, 6) is 0. The zero-order valence-corrected chi connectivity index (χ0v) is 6.23. The van der Waals surface area contributed by atoms with Crippen molar-refractivity contribution in [3.63, 3.8) is 0 Å². The van der Waals surface area contributed by atoms with E-state index in [0.717, 1.165) is 0 Å². The predicted molar refractivity (Wildman–Crippen MR) is 44.0 cm³/mol. The Morgan fingerprint density at radius 1 is 1.45 bits per heavy atom. The summed E-state index contributed by atoms with van der Waals surface area (Å²) in [5, 5.41) is 16.8. The molecule has 0 aromatic rings. The second-order valence-corrected chi connectivity index (χ2v) is 2.17. The number of carbonyl (C=O) groups is 1. The van der Waals surface area contributed by atoms with Gasteiger partial charge < -0.3 is 10.0 Å². The van der Waals surface area contributed by atoms with E-state index >= 15 is 0 Å². The van der Waals surface area contributed by atoms with Crippen LogP contribution in [0.1, 0.15) is 6.42 Å². The van der Waals surface area contributed by atoms with E-state index in [9.17, 15) is 4.79 Å². The number of rotatable bonds is 5. The van der Waals surface area contributed by atoms with Gasteiger partial charge in [-0.1, -0.05) is 18.7 Å². The van der Waals surface area contributed by atoms with E-state index in [-0.39, 0.29) is 6.32 Å². The van der Waals surface area contributed by atoms with Crippen LogP contribution >= 0.6 is 0 Å². The first-order valence-electron chi connectivity index (χ1n) is 3.31. The van der Waals surface area contributed by atoms with E-state index in [4.69, 9.17) is 10.0 Å². The van der Waals surface area contributed by atoms with Crippen molar-refractivity contribution in [1.29, 1.82) is 0 Å². The van der Waals surface area contributed by atoms with Crippen LogP contribution in [-0.4, -0.2) is 23.5 Å². The van der Waals surface area contributed by atoms with Crippen molar-refractivity contribution < 1.29 is 14.8 Å². The van der Waals surface area contributed by atoms with Crippen molar-refractivity contribution in [1.82, 2.24) is 0 Å². The Morgan fingerprint density at radius 2 is 2.09 bits per heavy atom. The molecule has 0 amide bonds. The maximum Gasteiger partial charge on any atom is 0.455 e. The highest BCUT2D eigenvalue weighted by Gasteiger charge is 2.00. The molecule has 0 aliphatic heterocycles. The van der Waals surface area contributed by atoms with Crippen molar-refractivity contribution >= 4 is 13.4 Å². The van der Waals surface area contributed by atoms with Crippen molar-refractivity contribution in [2.24, 2.45) is 0 Å². The summed E-state index contributed by atoms with van der Waals surface area (Å²) in [4.78, 5) is 10.0. The second-order valence-electron chi connectivity index (χ2n) is 2.17. The zero-order chi connectivity index (χ0) is 8.69. The molecule has 0 aromatic heterocycles. The van der Waals surface area contributed by atoms with Crippen molar-refractivity contribution in [3.05, 3.63) is 24.3 Å². The van der Waals surface area contributed by atoms with Gasteiger partial charge in [-0.15, -0.1) is 0 Å². The van der Waals surface area contributed by atoms with Crippen LogP contribution in [0.2, 0.25) is 6.32 Å². The maximum absolute atomic E-state index is 10.0. The number of aldehydes is 1. The minimum atomic E-state index is -1.31. The van der Waals surface area contributed by atoms with E-state index in [1.54, 1.807) is 12.2 Å². The van der Waals surface area contributed by atoms with Crippen LogP contribution in [0.15, 0.2) is 24.3 Å². The Balaban J connectivity index is 3.44. The maximum atomic E-state index is 10.0. The molecule has 60 valence electrons. The summed E-state index contributed by atoms with van der Waals surface area (Å²) in [5.41, 5.74) is 0.480. The van der Waals surface area contributed by atoms with Gasteiger partial charge in [0.1, 0.15) is 6.29 Å². The van der Waals surface area contributed by atoms with Crippen molar-refractivity contribution in [2.45, 2.75) is 12.7 Å². The van der Waals surface area contributed by atoms with E-state index < -0.39 is 7.12 Å². The lowest BCUT2D eigenvalue weighted by atomic mass is 9.86. The second kappa shape index (κ2) is 5.89. The third kappa shape index (κ3) is 7.03. The highest BCUT2D eigenvalue weighted by molar-refractivity contribution is 6.41. The molecule has 0 saturated carbocycles. The topological polar surface area (TPSA) is 57.5 Å². The summed E-state index contributed by atoms with van der Waals surface area (Å²) in [6.45, 7) is 3.45. The number of hydrogen-bond acceptors (Lipinski definition) is 3. The molecular formula is C7H11BO3. The molecule has 3 nitrogen and oxygen atoms in total. The smallest absolute Gasteiger partial charge is 0.427 e. The fraction of sp³-hybridized carbons (Fsp3) is 0.286. The first-order chi connectivity index (χ1) is 5.16. The third-order valence-electron chi connectivity index (χ3n) is 1.06. The van der Waals surface area contributed by atoms with Gasteiger partial charge in [0.25, 0.3) is 0 Å². The molecule has 0 aromatic carbocycles. The molecule has 0 radical (unpaired) electrons. The van der Waals surface area contributed by atoms with Gasteiger partial charge in [-0.3, -0.25) is 4.79 Å². The van der Waals surface area contributed by atoms with Gasteiger partial charge in [0, 0.05) is 0 Å². The van der Waals surface area contributed by atoms with Crippen molar-refractivity contribution in [2.75, 3.05) is 0 Å². The zero-order valence-electron chi connectivity index (χ0n) is 6.23. The molecule has 0 atom stereocenters. The Labute approximate surface area is 66.2 Å². The first-order valence-corrected chi connectivity index (χ1v) is 3.31. The van der Waals surface area contributed by atoms with Gasteiger partial charge in [0.2, 0.25) is 0 Å². The third-order valence-corrected chi connectivity index (χ3v) is 1.06. The summed E-state index contributed by atoms with van der Waals surface area (Å²) < 4.78 is 0. The summed E-state index contributed by atoms with van der Waals surface area (Å²) in [6, 6.07) is 0.